The molecule has 1 unspecified atom stereocenters. The topological polar surface area (TPSA) is 110 Å². The van der Waals surface area contributed by atoms with Crippen LogP contribution in [0.25, 0.3) is 0 Å². The first kappa shape index (κ1) is 14.3. The van der Waals surface area contributed by atoms with E-state index in [0.29, 0.717) is 12.3 Å². The number of aromatic nitrogens is 3. The first-order valence-electron chi connectivity index (χ1n) is 7.01. The molecule has 2 N–H and O–H groups in total. The third-order valence-corrected chi connectivity index (χ3v) is 3.52. The second kappa shape index (κ2) is 5.63. The predicted molar refractivity (Wildman–Crippen MR) is 74.2 cm³/mol. The monoisotopic (exact) mass is 304 g/mol. The van der Waals surface area contributed by atoms with Gasteiger partial charge in [-0.2, -0.15) is 5.10 Å². The van der Waals surface area contributed by atoms with Crippen LogP contribution < -0.4 is 5.32 Å². The Labute approximate surface area is 126 Å². The van der Waals surface area contributed by atoms with Crippen LogP contribution in [0.4, 0.5) is 0 Å². The second-order valence-electron chi connectivity index (χ2n) is 5.52. The minimum absolute atomic E-state index is 0.0138. The summed E-state index contributed by atoms with van der Waals surface area (Å²) in [6, 6.07) is 0.638. The van der Waals surface area contributed by atoms with Crippen LogP contribution in [-0.4, -0.2) is 38.0 Å². The summed E-state index contributed by atoms with van der Waals surface area (Å²) in [6.07, 6.45) is 5.20. The molecule has 116 valence electrons. The van der Waals surface area contributed by atoms with Gasteiger partial charge in [-0.1, -0.05) is 5.16 Å². The van der Waals surface area contributed by atoms with Crippen molar-refractivity contribution in [1.29, 1.82) is 0 Å². The van der Waals surface area contributed by atoms with E-state index in [1.165, 1.54) is 6.07 Å². The molecule has 1 amide bonds. The molecule has 3 rings (SSSR count). The zero-order chi connectivity index (χ0) is 15.7. The van der Waals surface area contributed by atoms with E-state index in [-0.39, 0.29) is 11.6 Å². The minimum atomic E-state index is -1.02. The molecule has 0 saturated heterocycles. The number of amides is 1. The highest BCUT2D eigenvalue weighted by atomic mass is 16.5. The lowest BCUT2D eigenvalue weighted by atomic mass is 10.2. The summed E-state index contributed by atoms with van der Waals surface area (Å²) in [7, 11) is 0. The van der Waals surface area contributed by atoms with Crippen LogP contribution >= 0.6 is 0 Å². The van der Waals surface area contributed by atoms with Gasteiger partial charge in [-0.15, -0.1) is 0 Å². The van der Waals surface area contributed by atoms with Crippen molar-refractivity contribution >= 4 is 11.9 Å². The van der Waals surface area contributed by atoms with Crippen molar-refractivity contribution in [2.45, 2.75) is 32.4 Å². The lowest BCUT2D eigenvalue weighted by molar-refractivity contribution is -0.139. The molecule has 22 heavy (non-hydrogen) atoms. The van der Waals surface area contributed by atoms with E-state index in [2.05, 4.69) is 15.6 Å². The highest BCUT2D eigenvalue weighted by Crippen LogP contribution is 2.32. The molecule has 2 aromatic heterocycles. The summed E-state index contributed by atoms with van der Waals surface area (Å²) in [5, 5.41) is 19.4. The van der Waals surface area contributed by atoms with Crippen LogP contribution in [-0.2, 0) is 11.3 Å². The zero-order valence-corrected chi connectivity index (χ0v) is 12.0. The fourth-order valence-corrected chi connectivity index (χ4v) is 2.23. The molecule has 8 heteroatoms. The molecule has 1 saturated carbocycles. The number of carboxylic acids is 1. The average Bonchev–Trinajstić information content (AvgIpc) is 3.06. The standard InChI is InChI=1S/C14H16N4O4/c1-8-5-15-18(6-8)7-10-4-11(17-22-10)13(19)16-12(14(20)21)9-2-3-9/h4-6,9,12H,2-3,7H2,1H3,(H,16,19)(H,20,21). The normalized spacial score (nSPS) is 15.5. The molecular formula is C14H16N4O4. The molecule has 2 heterocycles. The number of carboxylic acid groups (broad SMARTS) is 1. The first-order chi connectivity index (χ1) is 10.5. The molecule has 0 aliphatic heterocycles. The number of hydrogen-bond acceptors (Lipinski definition) is 5. The second-order valence-corrected chi connectivity index (χ2v) is 5.52. The average molecular weight is 304 g/mol. The molecule has 8 nitrogen and oxygen atoms in total. The molecule has 0 bridgehead atoms. The van der Waals surface area contributed by atoms with Crippen molar-refractivity contribution < 1.29 is 19.2 Å². The molecule has 1 aliphatic carbocycles. The number of carbonyl (C=O) groups is 2. The van der Waals surface area contributed by atoms with Crippen LogP contribution in [0.1, 0.15) is 34.7 Å². The summed E-state index contributed by atoms with van der Waals surface area (Å²) in [4.78, 5) is 23.2. The summed E-state index contributed by atoms with van der Waals surface area (Å²) >= 11 is 0. The minimum Gasteiger partial charge on any atom is -0.480 e. The largest absolute Gasteiger partial charge is 0.480 e. The predicted octanol–water partition coefficient (Wildman–Crippen LogP) is 0.821. The number of nitrogens with zero attached hydrogens (tertiary/aromatic N) is 3. The third kappa shape index (κ3) is 3.16. The Morgan fingerprint density at radius 1 is 1.55 bits per heavy atom. The molecule has 1 aliphatic rings. The fraction of sp³-hybridized carbons (Fsp3) is 0.429. The van der Waals surface area contributed by atoms with Crippen molar-refractivity contribution in [2.75, 3.05) is 0 Å². The van der Waals surface area contributed by atoms with E-state index in [0.717, 1.165) is 18.4 Å². The molecule has 2 aromatic rings. The Bertz CT molecular complexity index is 701. The van der Waals surface area contributed by atoms with Gasteiger partial charge in [0.25, 0.3) is 5.91 Å². The molecule has 0 aromatic carbocycles. The van der Waals surface area contributed by atoms with E-state index in [1.54, 1.807) is 10.9 Å². The Kier molecular flexibility index (Phi) is 3.66. The van der Waals surface area contributed by atoms with E-state index in [4.69, 9.17) is 9.63 Å². The van der Waals surface area contributed by atoms with Gasteiger partial charge in [-0.3, -0.25) is 9.48 Å². The van der Waals surface area contributed by atoms with E-state index >= 15 is 0 Å². The van der Waals surface area contributed by atoms with Gasteiger partial charge in [-0.05, 0) is 31.2 Å². The van der Waals surface area contributed by atoms with Gasteiger partial charge in [-0.25, -0.2) is 4.79 Å². The summed E-state index contributed by atoms with van der Waals surface area (Å²) in [6.45, 7) is 2.28. The maximum atomic E-state index is 12.0. The number of rotatable bonds is 6. The Hall–Kier alpha value is -2.64. The summed E-state index contributed by atoms with van der Waals surface area (Å²) < 4.78 is 6.77. The van der Waals surface area contributed by atoms with E-state index in [9.17, 15) is 9.59 Å². The van der Waals surface area contributed by atoms with Crippen LogP contribution in [0, 0.1) is 12.8 Å². The SMILES string of the molecule is Cc1cnn(Cc2cc(C(=O)NC(C(=O)O)C3CC3)no2)c1. The van der Waals surface area contributed by atoms with Crippen molar-refractivity contribution in [1.82, 2.24) is 20.3 Å². The van der Waals surface area contributed by atoms with E-state index < -0.39 is 17.9 Å². The van der Waals surface area contributed by atoms with Crippen LogP contribution in [0.15, 0.2) is 23.0 Å². The highest BCUT2D eigenvalue weighted by molar-refractivity contribution is 5.95. The number of carbonyl (C=O) groups excluding carboxylic acids is 1. The smallest absolute Gasteiger partial charge is 0.326 e. The zero-order valence-electron chi connectivity index (χ0n) is 12.0. The van der Waals surface area contributed by atoms with Crippen molar-refractivity contribution in [3.8, 4) is 0 Å². The van der Waals surface area contributed by atoms with Gasteiger partial charge in [0.05, 0.1) is 6.20 Å². The number of aliphatic carboxylic acids is 1. The molecular weight excluding hydrogens is 288 g/mol. The van der Waals surface area contributed by atoms with Crippen molar-refractivity contribution in [3.05, 3.63) is 35.5 Å². The van der Waals surface area contributed by atoms with Gasteiger partial charge in [0.1, 0.15) is 12.6 Å². The molecule has 0 radical (unpaired) electrons. The van der Waals surface area contributed by atoms with Crippen LogP contribution in [0.2, 0.25) is 0 Å². The number of aryl methyl sites for hydroxylation is 1. The maximum Gasteiger partial charge on any atom is 0.326 e. The van der Waals surface area contributed by atoms with Crippen LogP contribution in [0.3, 0.4) is 0 Å². The van der Waals surface area contributed by atoms with Gasteiger partial charge < -0.3 is 14.9 Å². The highest BCUT2D eigenvalue weighted by Gasteiger charge is 2.37. The van der Waals surface area contributed by atoms with Gasteiger partial charge in [0.2, 0.25) is 0 Å². The van der Waals surface area contributed by atoms with Gasteiger partial charge in [0, 0.05) is 12.3 Å². The van der Waals surface area contributed by atoms with E-state index in [1.807, 2.05) is 13.1 Å². The summed E-state index contributed by atoms with van der Waals surface area (Å²) in [5.41, 5.74) is 1.09. The quantitative estimate of drug-likeness (QED) is 0.817. The molecule has 1 atom stereocenters. The maximum absolute atomic E-state index is 12.0. The lowest BCUT2D eigenvalue weighted by Gasteiger charge is -2.11. The lowest BCUT2D eigenvalue weighted by Crippen LogP contribution is -2.42. The Morgan fingerprint density at radius 3 is 2.91 bits per heavy atom. The Balaban J connectivity index is 1.64. The summed E-state index contributed by atoms with van der Waals surface area (Å²) in [5.74, 6) is -1.07. The first-order valence-corrected chi connectivity index (χ1v) is 7.01. The van der Waals surface area contributed by atoms with Gasteiger partial charge in [0.15, 0.2) is 11.5 Å². The molecule has 1 fully saturated rings. The number of hydrogen-bond donors (Lipinski definition) is 2. The fourth-order valence-electron chi connectivity index (χ4n) is 2.23. The number of nitrogens with one attached hydrogen (secondary N) is 1. The Morgan fingerprint density at radius 2 is 2.32 bits per heavy atom. The third-order valence-electron chi connectivity index (χ3n) is 3.52. The van der Waals surface area contributed by atoms with Gasteiger partial charge >= 0.3 is 5.97 Å². The van der Waals surface area contributed by atoms with Crippen molar-refractivity contribution in [3.63, 3.8) is 0 Å². The van der Waals surface area contributed by atoms with Crippen LogP contribution in [0.5, 0.6) is 0 Å². The van der Waals surface area contributed by atoms with Crippen molar-refractivity contribution in [2.24, 2.45) is 5.92 Å². The molecule has 0 spiro atoms.